The minimum atomic E-state index is 0.292. The zero-order valence-corrected chi connectivity index (χ0v) is 11.0. The molecule has 17 heavy (non-hydrogen) atoms. The van der Waals surface area contributed by atoms with E-state index in [0.29, 0.717) is 5.54 Å². The molecule has 1 saturated heterocycles. The fraction of sp³-hybridized carbons (Fsp3) is 0.833. The number of rotatable bonds is 4. The van der Waals surface area contributed by atoms with Crippen molar-refractivity contribution in [3.63, 3.8) is 0 Å². The van der Waals surface area contributed by atoms with Gasteiger partial charge < -0.3 is 9.84 Å². The van der Waals surface area contributed by atoms with E-state index in [-0.39, 0.29) is 0 Å². The van der Waals surface area contributed by atoms with Crippen molar-refractivity contribution >= 4 is 0 Å². The lowest BCUT2D eigenvalue weighted by Crippen LogP contribution is -2.49. The van der Waals surface area contributed by atoms with Crippen LogP contribution in [0.2, 0.25) is 0 Å². The largest absolute Gasteiger partial charge is 0.338 e. The molecule has 2 heterocycles. The molecule has 1 aliphatic rings. The fourth-order valence-electron chi connectivity index (χ4n) is 2.14. The molecule has 0 atom stereocenters. The van der Waals surface area contributed by atoms with Gasteiger partial charge in [-0.1, -0.05) is 12.1 Å². The molecule has 0 saturated carbocycles. The first-order valence-electron chi connectivity index (χ1n) is 6.38. The zero-order chi connectivity index (χ0) is 12.3. The Bertz CT molecular complexity index is 355. The summed E-state index contributed by atoms with van der Waals surface area (Å²) < 4.78 is 5.22. The summed E-state index contributed by atoms with van der Waals surface area (Å²) in [6, 6.07) is 0. The van der Waals surface area contributed by atoms with E-state index in [1.165, 1.54) is 0 Å². The average molecular weight is 238 g/mol. The van der Waals surface area contributed by atoms with Gasteiger partial charge in [0.25, 0.3) is 0 Å². The van der Waals surface area contributed by atoms with Crippen LogP contribution in [0.25, 0.3) is 0 Å². The third-order valence-corrected chi connectivity index (χ3v) is 3.75. The molecule has 0 spiro atoms. The van der Waals surface area contributed by atoms with Gasteiger partial charge in [-0.25, -0.2) is 0 Å². The van der Waals surface area contributed by atoms with E-state index in [0.717, 1.165) is 50.6 Å². The maximum Gasteiger partial charge on any atom is 0.240 e. The van der Waals surface area contributed by atoms with Crippen LogP contribution in [0.3, 0.4) is 0 Å². The average Bonchev–Trinajstić information content (AvgIpc) is 2.80. The van der Waals surface area contributed by atoms with Crippen molar-refractivity contribution in [3.8, 4) is 0 Å². The first-order valence-corrected chi connectivity index (χ1v) is 6.38. The molecule has 0 aliphatic carbocycles. The van der Waals surface area contributed by atoms with Crippen LogP contribution in [0.5, 0.6) is 0 Å². The van der Waals surface area contributed by atoms with E-state index in [1.54, 1.807) is 0 Å². The van der Waals surface area contributed by atoms with Gasteiger partial charge in [0.2, 0.25) is 5.89 Å². The van der Waals surface area contributed by atoms with Gasteiger partial charge in [0, 0.05) is 25.0 Å². The molecule has 0 unspecified atom stereocenters. The van der Waals surface area contributed by atoms with Crippen LogP contribution in [0.15, 0.2) is 4.52 Å². The van der Waals surface area contributed by atoms with Crippen LogP contribution in [0, 0.1) is 0 Å². The fourth-order valence-corrected chi connectivity index (χ4v) is 2.14. The van der Waals surface area contributed by atoms with E-state index >= 15 is 0 Å². The number of aromatic nitrogens is 2. The predicted octanol–water partition coefficient (Wildman–Crippen LogP) is 1.21. The van der Waals surface area contributed by atoms with Gasteiger partial charge in [0.1, 0.15) is 0 Å². The molecule has 2 rings (SSSR count). The Hall–Kier alpha value is -0.940. The monoisotopic (exact) mass is 238 g/mol. The van der Waals surface area contributed by atoms with Gasteiger partial charge >= 0.3 is 0 Å². The van der Waals surface area contributed by atoms with Gasteiger partial charge in [-0.05, 0) is 26.8 Å². The minimum absolute atomic E-state index is 0.292. The molecule has 0 bridgehead atoms. The van der Waals surface area contributed by atoms with Crippen LogP contribution in [0.4, 0.5) is 0 Å². The lowest BCUT2D eigenvalue weighted by atomic mass is 9.90. The van der Waals surface area contributed by atoms with Crippen molar-refractivity contribution in [2.45, 2.75) is 45.2 Å². The van der Waals surface area contributed by atoms with Gasteiger partial charge in [0.05, 0.1) is 6.54 Å². The number of hydrogen-bond donors (Lipinski definition) is 1. The molecule has 0 radical (unpaired) electrons. The first-order chi connectivity index (χ1) is 8.15. The van der Waals surface area contributed by atoms with Crippen molar-refractivity contribution in [1.82, 2.24) is 20.4 Å². The molecule has 1 fully saturated rings. The Labute approximate surface area is 103 Å². The van der Waals surface area contributed by atoms with Crippen LogP contribution < -0.4 is 5.32 Å². The summed E-state index contributed by atoms with van der Waals surface area (Å²) in [5.41, 5.74) is 0.292. The smallest absolute Gasteiger partial charge is 0.240 e. The summed E-state index contributed by atoms with van der Waals surface area (Å²) >= 11 is 0. The van der Waals surface area contributed by atoms with Crippen LogP contribution >= 0.6 is 0 Å². The van der Waals surface area contributed by atoms with E-state index in [4.69, 9.17) is 4.52 Å². The summed E-state index contributed by atoms with van der Waals surface area (Å²) in [6.45, 7) is 7.27. The quantitative estimate of drug-likeness (QED) is 0.854. The van der Waals surface area contributed by atoms with Crippen LogP contribution in [-0.2, 0) is 13.0 Å². The number of likely N-dealkylation sites (tertiary alicyclic amines) is 1. The Kier molecular flexibility index (Phi) is 3.79. The highest BCUT2D eigenvalue weighted by molar-refractivity contribution is 4.91. The second kappa shape index (κ2) is 5.14. The number of nitrogens with one attached hydrogen (secondary N) is 1. The summed E-state index contributed by atoms with van der Waals surface area (Å²) in [6.07, 6.45) is 3.16. The normalized spacial score (nSPS) is 20.6. The molecule has 1 aromatic rings. The van der Waals surface area contributed by atoms with E-state index in [2.05, 4.69) is 27.3 Å². The van der Waals surface area contributed by atoms with Crippen molar-refractivity contribution in [1.29, 1.82) is 0 Å². The van der Waals surface area contributed by atoms with Crippen LogP contribution in [0.1, 0.15) is 38.4 Å². The number of piperidine rings is 1. The third kappa shape index (κ3) is 3.04. The second-order valence-electron chi connectivity index (χ2n) is 5.04. The molecule has 5 heteroatoms. The van der Waals surface area contributed by atoms with Gasteiger partial charge in [-0.2, -0.15) is 4.98 Å². The molecule has 1 aliphatic heterocycles. The van der Waals surface area contributed by atoms with E-state index in [9.17, 15) is 0 Å². The topological polar surface area (TPSA) is 54.2 Å². The Morgan fingerprint density at radius 2 is 2.12 bits per heavy atom. The van der Waals surface area contributed by atoms with Gasteiger partial charge in [-0.3, -0.25) is 4.90 Å². The number of aryl methyl sites for hydroxylation is 1. The molecular weight excluding hydrogens is 216 g/mol. The maximum absolute atomic E-state index is 5.22. The summed E-state index contributed by atoms with van der Waals surface area (Å²) in [7, 11) is 2.04. The predicted molar refractivity (Wildman–Crippen MR) is 65.7 cm³/mol. The standard InChI is InChI=1S/C12H22N4O/c1-4-10-14-11(17-15-10)9-16-7-5-12(2,13-3)6-8-16/h13H,4-9H2,1-3H3. The van der Waals surface area contributed by atoms with E-state index < -0.39 is 0 Å². The highest BCUT2D eigenvalue weighted by Crippen LogP contribution is 2.21. The van der Waals surface area contributed by atoms with Gasteiger partial charge in [-0.15, -0.1) is 0 Å². The third-order valence-electron chi connectivity index (χ3n) is 3.75. The highest BCUT2D eigenvalue weighted by Gasteiger charge is 2.28. The molecule has 5 nitrogen and oxygen atoms in total. The molecule has 96 valence electrons. The molecule has 1 N–H and O–H groups in total. The van der Waals surface area contributed by atoms with Crippen molar-refractivity contribution in [2.75, 3.05) is 20.1 Å². The Morgan fingerprint density at radius 1 is 1.41 bits per heavy atom. The highest BCUT2D eigenvalue weighted by atomic mass is 16.5. The molecule has 1 aromatic heterocycles. The maximum atomic E-state index is 5.22. The molecular formula is C12H22N4O. The Morgan fingerprint density at radius 3 is 2.65 bits per heavy atom. The molecule has 0 aromatic carbocycles. The van der Waals surface area contributed by atoms with E-state index in [1.807, 2.05) is 14.0 Å². The minimum Gasteiger partial charge on any atom is -0.338 e. The SMILES string of the molecule is CCc1noc(CN2CCC(C)(NC)CC2)n1. The first kappa shape index (κ1) is 12.5. The number of hydrogen-bond acceptors (Lipinski definition) is 5. The Balaban J connectivity index is 1.85. The lowest BCUT2D eigenvalue weighted by molar-refractivity contribution is 0.133. The lowest BCUT2D eigenvalue weighted by Gasteiger charge is -2.38. The zero-order valence-electron chi connectivity index (χ0n) is 11.0. The van der Waals surface area contributed by atoms with Gasteiger partial charge in [0.15, 0.2) is 5.82 Å². The second-order valence-corrected chi connectivity index (χ2v) is 5.04. The van der Waals surface area contributed by atoms with Crippen molar-refractivity contribution < 1.29 is 4.52 Å². The van der Waals surface area contributed by atoms with Crippen molar-refractivity contribution in [2.24, 2.45) is 0 Å². The summed E-state index contributed by atoms with van der Waals surface area (Å²) in [5.74, 6) is 1.55. The summed E-state index contributed by atoms with van der Waals surface area (Å²) in [5, 5.41) is 7.32. The molecule has 0 amide bonds. The van der Waals surface area contributed by atoms with Crippen LogP contribution in [-0.4, -0.2) is 40.7 Å². The summed E-state index contributed by atoms with van der Waals surface area (Å²) in [4.78, 5) is 6.73. The van der Waals surface area contributed by atoms with Crippen molar-refractivity contribution in [3.05, 3.63) is 11.7 Å². The number of nitrogens with zero attached hydrogens (tertiary/aromatic N) is 3.